The molecule has 0 radical (unpaired) electrons. The van der Waals surface area contributed by atoms with Gasteiger partial charge in [-0.3, -0.25) is 4.79 Å². The summed E-state index contributed by atoms with van der Waals surface area (Å²) in [5.74, 6) is 0. The van der Waals surface area contributed by atoms with E-state index in [0.717, 1.165) is 0 Å². The highest BCUT2D eigenvalue weighted by molar-refractivity contribution is 6.30. The number of rotatable bonds is 2. The van der Waals surface area contributed by atoms with Crippen LogP contribution in [-0.4, -0.2) is 6.29 Å². The van der Waals surface area contributed by atoms with Crippen LogP contribution in [-0.2, 0) is 4.79 Å². The summed E-state index contributed by atoms with van der Waals surface area (Å²) in [4.78, 5) is 10.00. The summed E-state index contributed by atoms with van der Waals surface area (Å²) < 4.78 is 12.6. The third kappa shape index (κ3) is 2.02. The Bertz CT molecular complexity index is 262. The quantitative estimate of drug-likeness (QED) is 0.627. The normalized spacial score (nSPS) is 12.5. The third-order valence-electron chi connectivity index (χ3n) is 1.29. The molecule has 0 aromatic heterocycles. The zero-order valence-electron chi connectivity index (χ0n) is 5.63. The van der Waals surface area contributed by atoms with Crippen molar-refractivity contribution in [2.75, 3.05) is 0 Å². The monoisotopic (exact) mass is 172 g/mol. The van der Waals surface area contributed by atoms with Gasteiger partial charge >= 0.3 is 0 Å². The van der Waals surface area contributed by atoms with Crippen LogP contribution in [0, 0.1) is 0 Å². The number of hydrogen-bond acceptors (Lipinski definition) is 1. The van der Waals surface area contributed by atoms with E-state index in [4.69, 9.17) is 11.6 Å². The lowest BCUT2D eigenvalue weighted by atomic mass is 10.1. The fraction of sp³-hybridized carbons (Fsp3) is 0.125. The molecule has 11 heavy (non-hydrogen) atoms. The summed E-state index contributed by atoms with van der Waals surface area (Å²) in [6.07, 6.45) is -1.32. The summed E-state index contributed by atoms with van der Waals surface area (Å²) in [7, 11) is 0. The second-order valence-electron chi connectivity index (χ2n) is 2.09. The molecule has 3 heteroatoms. The van der Waals surface area contributed by atoms with Crippen LogP contribution in [0.3, 0.4) is 0 Å². The SMILES string of the molecule is O=CC(F)c1cccc(Cl)c1. The van der Waals surface area contributed by atoms with Crippen LogP contribution < -0.4 is 0 Å². The summed E-state index contributed by atoms with van der Waals surface area (Å²) >= 11 is 5.56. The number of alkyl halides is 1. The molecule has 1 atom stereocenters. The minimum Gasteiger partial charge on any atom is -0.300 e. The topological polar surface area (TPSA) is 17.1 Å². The van der Waals surface area contributed by atoms with Crippen molar-refractivity contribution in [3.8, 4) is 0 Å². The number of aldehydes is 1. The first kappa shape index (κ1) is 8.21. The predicted octanol–water partition coefficient (Wildman–Crippen LogP) is 2.55. The summed E-state index contributed by atoms with van der Waals surface area (Å²) in [5.41, 5.74) is 0.299. The van der Waals surface area contributed by atoms with Crippen molar-refractivity contribution in [3.63, 3.8) is 0 Å². The smallest absolute Gasteiger partial charge is 0.180 e. The molecule has 0 N–H and O–H groups in total. The van der Waals surface area contributed by atoms with E-state index in [1.807, 2.05) is 0 Å². The van der Waals surface area contributed by atoms with E-state index in [1.165, 1.54) is 12.1 Å². The van der Waals surface area contributed by atoms with Crippen LogP contribution in [0.1, 0.15) is 11.7 Å². The van der Waals surface area contributed by atoms with Crippen LogP contribution in [0.15, 0.2) is 24.3 Å². The summed E-state index contributed by atoms with van der Waals surface area (Å²) in [6.45, 7) is 0. The average molecular weight is 173 g/mol. The first-order valence-electron chi connectivity index (χ1n) is 3.09. The second-order valence-corrected chi connectivity index (χ2v) is 2.53. The summed E-state index contributed by atoms with van der Waals surface area (Å²) in [6, 6.07) is 6.18. The van der Waals surface area contributed by atoms with E-state index < -0.39 is 6.17 Å². The molecule has 0 saturated heterocycles. The molecule has 1 rings (SSSR count). The summed E-state index contributed by atoms with van der Waals surface area (Å²) in [5, 5.41) is 0.437. The van der Waals surface area contributed by atoms with Crippen molar-refractivity contribution < 1.29 is 9.18 Å². The van der Waals surface area contributed by atoms with E-state index in [9.17, 15) is 9.18 Å². The molecule has 0 bridgehead atoms. The largest absolute Gasteiger partial charge is 0.300 e. The standard InChI is InChI=1S/C8H6ClFO/c9-7-3-1-2-6(4-7)8(10)5-11/h1-5,8H. The Balaban J connectivity index is 2.95. The van der Waals surface area contributed by atoms with E-state index in [0.29, 0.717) is 10.6 Å². The molecule has 0 saturated carbocycles. The number of carbonyl (C=O) groups excluding carboxylic acids is 1. The van der Waals surface area contributed by atoms with Gasteiger partial charge in [0, 0.05) is 5.02 Å². The Morgan fingerprint density at radius 3 is 2.82 bits per heavy atom. The predicted molar refractivity (Wildman–Crippen MR) is 41.4 cm³/mol. The van der Waals surface area contributed by atoms with Gasteiger partial charge < -0.3 is 0 Å². The Hall–Kier alpha value is -0.890. The highest BCUT2D eigenvalue weighted by Crippen LogP contribution is 2.18. The molecular weight excluding hydrogens is 167 g/mol. The number of benzene rings is 1. The van der Waals surface area contributed by atoms with Crippen LogP contribution >= 0.6 is 11.6 Å². The molecule has 58 valence electrons. The molecule has 1 unspecified atom stereocenters. The molecule has 0 heterocycles. The lowest BCUT2D eigenvalue weighted by molar-refractivity contribution is -0.112. The van der Waals surface area contributed by atoms with Crippen molar-refractivity contribution in [1.29, 1.82) is 0 Å². The Labute approximate surface area is 68.8 Å². The Morgan fingerprint density at radius 2 is 2.27 bits per heavy atom. The van der Waals surface area contributed by atoms with Gasteiger partial charge in [-0.15, -0.1) is 0 Å². The minimum absolute atomic E-state index is 0.242. The zero-order chi connectivity index (χ0) is 8.27. The van der Waals surface area contributed by atoms with Gasteiger partial charge in [-0.25, -0.2) is 4.39 Å². The van der Waals surface area contributed by atoms with Crippen molar-refractivity contribution in [2.24, 2.45) is 0 Å². The number of carbonyl (C=O) groups is 1. The molecule has 0 aliphatic rings. The van der Waals surface area contributed by atoms with Gasteiger partial charge in [0.15, 0.2) is 12.5 Å². The molecule has 0 aliphatic heterocycles. The van der Waals surface area contributed by atoms with Crippen molar-refractivity contribution in [1.82, 2.24) is 0 Å². The maximum Gasteiger partial charge on any atom is 0.180 e. The lowest BCUT2D eigenvalue weighted by Gasteiger charge is -1.99. The highest BCUT2D eigenvalue weighted by atomic mass is 35.5. The van der Waals surface area contributed by atoms with Crippen molar-refractivity contribution >= 4 is 17.9 Å². The van der Waals surface area contributed by atoms with E-state index in [2.05, 4.69) is 0 Å². The minimum atomic E-state index is -1.56. The Morgan fingerprint density at radius 1 is 1.55 bits per heavy atom. The van der Waals surface area contributed by atoms with Crippen LogP contribution in [0.5, 0.6) is 0 Å². The molecular formula is C8H6ClFO. The van der Waals surface area contributed by atoms with E-state index in [1.54, 1.807) is 12.1 Å². The van der Waals surface area contributed by atoms with Gasteiger partial charge in [-0.1, -0.05) is 23.7 Å². The molecule has 0 amide bonds. The molecule has 0 aliphatic carbocycles. The number of halogens is 2. The third-order valence-corrected chi connectivity index (χ3v) is 1.52. The van der Waals surface area contributed by atoms with Gasteiger partial charge in [0.05, 0.1) is 0 Å². The molecule has 0 spiro atoms. The zero-order valence-corrected chi connectivity index (χ0v) is 6.38. The average Bonchev–Trinajstić information content (AvgIpc) is 2.03. The van der Waals surface area contributed by atoms with E-state index >= 15 is 0 Å². The first-order chi connectivity index (χ1) is 5.24. The highest BCUT2D eigenvalue weighted by Gasteiger charge is 2.06. The van der Waals surface area contributed by atoms with Gasteiger partial charge in [0.25, 0.3) is 0 Å². The van der Waals surface area contributed by atoms with Crippen molar-refractivity contribution in [3.05, 3.63) is 34.9 Å². The maximum atomic E-state index is 12.6. The fourth-order valence-electron chi connectivity index (χ4n) is 0.757. The van der Waals surface area contributed by atoms with Gasteiger partial charge in [0.2, 0.25) is 0 Å². The van der Waals surface area contributed by atoms with E-state index in [-0.39, 0.29) is 6.29 Å². The van der Waals surface area contributed by atoms with Gasteiger partial charge in [-0.2, -0.15) is 0 Å². The molecule has 1 aromatic rings. The number of hydrogen-bond donors (Lipinski definition) is 0. The van der Waals surface area contributed by atoms with Crippen molar-refractivity contribution in [2.45, 2.75) is 6.17 Å². The lowest BCUT2D eigenvalue weighted by Crippen LogP contribution is -1.91. The van der Waals surface area contributed by atoms with Gasteiger partial charge in [-0.05, 0) is 17.7 Å². The Kier molecular flexibility index (Phi) is 2.60. The van der Waals surface area contributed by atoms with Crippen LogP contribution in [0.4, 0.5) is 4.39 Å². The van der Waals surface area contributed by atoms with Crippen LogP contribution in [0.25, 0.3) is 0 Å². The molecule has 1 nitrogen and oxygen atoms in total. The maximum absolute atomic E-state index is 12.6. The molecule has 1 aromatic carbocycles. The molecule has 0 fully saturated rings. The second kappa shape index (κ2) is 3.49. The fourth-order valence-corrected chi connectivity index (χ4v) is 0.955. The van der Waals surface area contributed by atoms with Gasteiger partial charge in [0.1, 0.15) is 0 Å². The van der Waals surface area contributed by atoms with Crippen LogP contribution in [0.2, 0.25) is 5.02 Å². The first-order valence-corrected chi connectivity index (χ1v) is 3.46.